The number of anilines is 1. The minimum absolute atomic E-state index is 0.139. The number of phenolic OH excluding ortho intramolecular Hbond substituents is 1. The van der Waals surface area contributed by atoms with Crippen LogP contribution in [-0.2, 0) is 24.6 Å². The predicted molar refractivity (Wildman–Crippen MR) is 159 cm³/mol. The maximum absolute atomic E-state index is 15.1. The van der Waals surface area contributed by atoms with Crippen LogP contribution in [0.15, 0.2) is 84.4 Å². The summed E-state index contributed by atoms with van der Waals surface area (Å²) < 4.78 is 5.48. The first-order chi connectivity index (χ1) is 20.7. The average Bonchev–Trinajstić information content (AvgIpc) is 3.38. The first-order valence-electron chi connectivity index (χ1n) is 14.3. The van der Waals surface area contributed by atoms with E-state index >= 15 is 4.79 Å². The predicted octanol–water partition coefficient (Wildman–Crippen LogP) is 4.85. The number of rotatable bonds is 4. The van der Waals surface area contributed by atoms with Gasteiger partial charge in [0.25, 0.3) is 0 Å². The number of carbonyl (C=O) groups excluding carboxylic acids is 4. The maximum atomic E-state index is 15.1. The van der Waals surface area contributed by atoms with Crippen LogP contribution in [0.3, 0.4) is 0 Å². The van der Waals surface area contributed by atoms with Gasteiger partial charge in [-0.2, -0.15) is 0 Å². The fraction of sp³-hybridized carbons (Fsp3) is 0.294. The van der Waals surface area contributed by atoms with Crippen LogP contribution in [0, 0.1) is 23.7 Å². The fourth-order valence-electron chi connectivity index (χ4n) is 8.18. The Bertz CT molecular complexity index is 1740. The molecule has 3 aromatic rings. The number of nitrogens with zero attached hydrogens (tertiary/aromatic N) is 2. The summed E-state index contributed by atoms with van der Waals surface area (Å²) in [6.45, 7) is 0. The van der Waals surface area contributed by atoms with Crippen LogP contribution >= 0.6 is 11.6 Å². The molecule has 2 aliphatic carbocycles. The second-order valence-electron chi connectivity index (χ2n) is 11.7. The lowest BCUT2D eigenvalue weighted by molar-refractivity contribution is -0.138. The zero-order chi connectivity index (χ0) is 30.2. The van der Waals surface area contributed by atoms with E-state index in [2.05, 4.69) is 0 Å². The molecule has 2 heterocycles. The lowest BCUT2D eigenvalue weighted by Gasteiger charge is -2.50. The number of ether oxygens (including phenoxy) is 1. The molecule has 43 heavy (non-hydrogen) atoms. The van der Waals surface area contributed by atoms with E-state index in [0.29, 0.717) is 28.3 Å². The van der Waals surface area contributed by atoms with Crippen molar-refractivity contribution in [2.45, 2.75) is 24.2 Å². The summed E-state index contributed by atoms with van der Waals surface area (Å²) >= 11 is 6.33. The third-order valence-electron chi connectivity index (χ3n) is 9.95. The number of imide groups is 2. The van der Waals surface area contributed by atoms with E-state index in [1.165, 1.54) is 24.0 Å². The zero-order valence-corrected chi connectivity index (χ0v) is 24.3. The third kappa shape index (κ3) is 3.62. The summed E-state index contributed by atoms with van der Waals surface area (Å²) in [7, 11) is 2.95. The molecular formula is C34H29ClN2O6. The molecule has 0 unspecified atom stereocenters. The van der Waals surface area contributed by atoms with Crippen molar-refractivity contribution in [1.29, 1.82) is 0 Å². The summed E-state index contributed by atoms with van der Waals surface area (Å²) in [5, 5.41) is 12.0. The maximum Gasteiger partial charge on any atom is 0.246 e. The molecule has 2 saturated heterocycles. The lowest BCUT2D eigenvalue weighted by Crippen LogP contribution is -2.53. The highest BCUT2D eigenvalue weighted by Crippen LogP contribution is 2.65. The van der Waals surface area contributed by atoms with Gasteiger partial charge >= 0.3 is 0 Å². The highest BCUT2D eigenvalue weighted by Gasteiger charge is 2.70. The van der Waals surface area contributed by atoms with E-state index in [0.717, 1.165) is 5.57 Å². The van der Waals surface area contributed by atoms with Crippen molar-refractivity contribution >= 4 is 40.9 Å². The van der Waals surface area contributed by atoms with Gasteiger partial charge in [0.15, 0.2) is 11.5 Å². The number of hydrogen-bond acceptors (Lipinski definition) is 6. The quantitative estimate of drug-likeness (QED) is 0.341. The van der Waals surface area contributed by atoms with Crippen molar-refractivity contribution in [3.8, 4) is 11.5 Å². The summed E-state index contributed by atoms with van der Waals surface area (Å²) in [5.41, 5.74) is 0.708. The SMILES string of the molecule is COc1cccc([C@H]2C3=CC[C@@H]4C(=O)N(C)C(=O)[C@@H]4[C@@H]3C[C@H]3C(=O)N(c4cccc(Cl)c4)C(=O)[C@@]23c2ccccc2)c1O. The number of halogens is 1. The topological polar surface area (TPSA) is 104 Å². The van der Waals surface area contributed by atoms with E-state index in [1.807, 2.05) is 36.4 Å². The molecule has 3 aromatic carbocycles. The number of hydrogen-bond donors (Lipinski definition) is 1. The van der Waals surface area contributed by atoms with Gasteiger partial charge in [0.2, 0.25) is 23.6 Å². The average molecular weight is 597 g/mol. The molecule has 218 valence electrons. The van der Waals surface area contributed by atoms with Crippen molar-refractivity contribution in [2.24, 2.45) is 23.7 Å². The fourth-order valence-corrected chi connectivity index (χ4v) is 8.37. The third-order valence-corrected chi connectivity index (χ3v) is 10.2. The zero-order valence-electron chi connectivity index (χ0n) is 23.6. The molecule has 9 heteroatoms. The van der Waals surface area contributed by atoms with E-state index in [4.69, 9.17) is 16.3 Å². The largest absolute Gasteiger partial charge is 0.504 e. The normalized spacial score (nSPS) is 29.7. The highest BCUT2D eigenvalue weighted by atomic mass is 35.5. The first kappa shape index (κ1) is 27.4. The van der Waals surface area contributed by atoms with Crippen molar-refractivity contribution in [1.82, 2.24) is 4.90 Å². The molecule has 7 rings (SSSR count). The van der Waals surface area contributed by atoms with Crippen LogP contribution in [0.2, 0.25) is 5.02 Å². The molecule has 6 atom stereocenters. The van der Waals surface area contributed by atoms with E-state index in [1.54, 1.807) is 42.5 Å². The first-order valence-corrected chi connectivity index (χ1v) is 14.7. The van der Waals surface area contributed by atoms with Crippen LogP contribution in [0.25, 0.3) is 0 Å². The molecule has 3 fully saturated rings. The Morgan fingerprint density at radius 1 is 0.907 bits per heavy atom. The number of benzene rings is 3. The number of para-hydroxylation sites is 1. The molecule has 2 aliphatic heterocycles. The number of allylic oxidation sites excluding steroid dienone is 2. The minimum Gasteiger partial charge on any atom is -0.504 e. The Hall–Kier alpha value is -4.43. The molecule has 4 aliphatic rings. The van der Waals surface area contributed by atoms with Gasteiger partial charge < -0.3 is 9.84 Å². The molecule has 0 aromatic heterocycles. The van der Waals surface area contributed by atoms with Crippen molar-refractivity contribution in [2.75, 3.05) is 19.1 Å². The number of likely N-dealkylation sites (tertiary alicyclic amines) is 1. The van der Waals surface area contributed by atoms with Crippen molar-refractivity contribution in [3.05, 3.63) is 101 Å². The second-order valence-corrected chi connectivity index (χ2v) is 12.2. The molecule has 8 nitrogen and oxygen atoms in total. The van der Waals surface area contributed by atoms with Crippen molar-refractivity contribution in [3.63, 3.8) is 0 Å². The molecule has 1 saturated carbocycles. The number of amides is 4. The smallest absolute Gasteiger partial charge is 0.246 e. The van der Waals surface area contributed by atoms with Crippen LogP contribution < -0.4 is 9.64 Å². The summed E-state index contributed by atoms with van der Waals surface area (Å²) in [5.74, 6) is -4.69. The van der Waals surface area contributed by atoms with E-state index in [9.17, 15) is 19.5 Å². The van der Waals surface area contributed by atoms with Gasteiger partial charge in [-0.15, -0.1) is 0 Å². The van der Waals surface area contributed by atoms with Gasteiger partial charge in [-0.25, -0.2) is 4.90 Å². The van der Waals surface area contributed by atoms with Gasteiger partial charge in [-0.05, 0) is 48.6 Å². The van der Waals surface area contributed by atoms with Gasteiger partial charge in [0.05, 0.1) is 36.0 Å². The Morgan fingerprint density at radius 3 is 2.37 bits per heavy atom. The Labute approximate surface area is 253 Å². The number of fused-ring (bicyclic) bond motifs is 4. The molecule has 4 amide bonds. The van der Waals surface area contributed by atoms with Crippen molar-refractivity contribution < 1.29 is 29.0 Å². The molecular weight excluding hydrogens is 568 g/mol. The van der Waals surface area contributed by atoms with Gasteiger partial charge in [0.1, 0.15) is 0 Å². The van der Waals surface area contributed by atoms with Gasteiger partial charge in [-0.1, -0.05) is 71.8 Å². The number of aromatic hydroxyl groups is 1. The number of carbonyl (C=O) groups is 4. The molecule has 0 spiro atoms. The monoisotopic (exact) mass is 596 g/mol. The minimum atomic E-state index is -1.46. The lowest BCUT2D eigenvalue weighted by atomic mass is 9.49. The van der Waals surface area contributed by atoms with Crippen LogP contribution in [-0.4, -0.2) is 47.8 Å². The van der Waals surface area contributed by atoms with Crippen LogP contribution in [0.4, 0.5) is 5.69 Å². The van der Waals surface area contributed by atoms with E-state index < -0.39 is 46.8 Å². The number of phenols is 1. The van der Waals surface area contributed by atoms with Crippen LogP contribution in [0.5, 0.6) is 11.5 Å². The molecule has 1 N–H and O–H groups in total. The van der Waals surface area contributed by atoms with Gasteiger partial charge in [0, 0.05) is 23.6 Å². The molecule has 0 bridgehead atoms. The standard InChI is InChI=1S/C34H29ClN2O6/c1-36-30(39)22-15-14-21-24(27(22)32(36)41)17-25-31(40)37(20-11-6-10-19(35)16-20)33(42)34(25,18-8-4-3-5-9-18)28(21)23-12-7-13-26(43-2)29(23)38/h3-14,16,22,24-25,27-28,38H,15,17H2,1-2H3/t22-,24+,25-,27-,28+,34+/m0/s1. The van der Waals surface area contributed by atoms with Crippen LogP contribution in [0.1, 0.15) is 29.9 Å². The summed E-state index contributed by atoms with van der Waals surface area (Å²) in [6.07, 6.45) is 2.47. The molecule has 0 radical (unpaired) electrons. The summed E-state index contributed by atoms with van der Waals surface area (Å²) in [4.78, 5) is 58.7. The number of methoxy groups -OCH3 is 1. The Morgan fingerprint density at radius 2 is 1.65 bits per heavy atom. The Kier molecular flexibility index (Phi) is 6.25. The summed E-state index contributed by atoms with van der Waals surface area (Å²) in [6, 6.07) is 20.9. The van der Waals surface area contributed by atoms with E-state index in [-0.39, 0.29) is 29.7 Å². The Balaban J connectivity index is 1.54. The highest BCUT2D eigenvalue weighted by molar-refractivity contribution is 6.32. The second kappa shape index (κ2) is 9.81. The van der Waals surface area contributed by atoms with Gasteiger partial charge in [-0.3, -0.25) is 24.1 Å².